The molecule has 0 saturated carbocycles. The van der Waals surface area contributed by atoms with Crippen molar-refractivity contribution in [3.05, 3.63) is 48.0 Å². The van der Waals surface area contributed by atoms with Gasteiger partial charge in [-0.05, 0) is 42.3 Å². The average Bonchev–Trinajstić information content (AvgIpc) is 2.45. The largest absolute Gasteiger partial charge is 0.457 e. The fourth-order valence-corrected chi connectivity index (χ4v) is 2.02. The van der Waals surface area contributed by atoms with Crippen LogP contribution in [-0.2, 0) is 6.42 Å². The van der Waals surface area contributed by atoms with E-state index < -0.39 is 0 Å². The van der Waals surface area contributed by atoms with Gasteiger partial charge in [0.05, 0.1) is 0 Å². The molecular weight excluding hydrogens is 226 g/mol. The topological polar surface area (TPSA) is 30.5 Å². The van der Waals surface area contributed by atoms with E-state index in [1.54, 1.807) is 0 Å². The van der Waals surface area contributed by atoms with Crippen LogP contribution in [-0.4, -0.2) is 6.79 Å². The first-order chi connectivity index (χ1) is 8.85. The molecule has 0 aromatic heterocycles. The van der Waals surface area contributed by atoms with Crippen molar-refractivity contribution in [3.8, 4) is 11.5 Å². The predicted molar refractivity (Wildman–Crippen MR) is 71.7 cm³/mol. The molecule has 2 aliphatic heterocycles. The molecule has 1 N–H and O–H groups in total. The predicted octanol–water partition coefficient (Wildman–Crippen LogP) is 3.72. The van der Waals surface area contributed by atoms with Crippen LogP contribution in [0, 0.1) is 0 Å². The summed E-state index contributed by atoms with van der Waals surface area (Å²) in [6.07, 6.45) is 0.944. The molecule has 0 saturated heterocycles. The van der Waals surface area contributed by atoms with Gasteiger partial charge in [-0.25, -0.2) is 0 Å². The Labute approximate surface area is 106 Å². The summed E-state index contributed by atoms with van der Waals surface area (Å²) < 4.78 is 11.2. The molecule has 0 spiro atoms. The van der Waals surface area contributed by atoms with Crippen LogP contribution in [0.25, 0.3) is 0 Å². The second kappa shape index (κ2) is 4.61. The highest BCUT2D eigenvalue weighted by Crippen LogP contribution is 2.28. The van der Waals surface area contributed by atoms with Crippen molar-refractivity contribution >= 4 is 11.4 Å². The number of anilines is 2. The minimum atomic E-state index is 0.232. The number of hydrogen-bond acceptors (Lipinski definition) is 3. The summed E-state index contributed by atoms with van der Waals surface area (Å²) in [4.78, 5) is 0. The molecule has 0 radical (unpaired) electrons. The lowest BCUT2D eigenvalue weighted by Gasteiger charge is -2.12. The van der Waals surface area contributed by atoms with Crippen LogP contribution in [0.3, 0.4) is 0 Å². The van der Waals surface area contributed by atoms with Crippen molar-refractivity contribution in [2.45, 2.75) is 13.3 Å². The number of fused-ring (bicyclic) bond motifs is 4. The number of benzene rings is 2. The summed E-state index contributed by atoms with van der Waals surface area (Å²) in [6, 6.07) is 14.0. The molecule has 0 fully saturated rings. The molecule has 3 nitrogen and oxygen atoms in total. The lowest BCUT2D eigenvalue weighted by Crippen LogP contribution is -2.06. The first-order valence-electron chi connectivity index (χ1n) is 6.11. The number of nitrogens with one attached hydrogen (secondary N) is 1. The summed E-state index contributed by atoms with van der Waals surface area (Å²) in [5.41, 5.74) is 3.25. The Balaban J connectivity index is 2.01. The average molecular weight is 241 g/mol. The van der Waals surface area contributed by atoms with Gasteiger partial charge in [-0.2, -0.15) is 0 Å². The van der Waals surface area contributed by atoms with Gasteiger partial charge in [-0.1, -0.05) is 13.0 Å². The highest BCUT2D eigenvalue weighted by Gasteiger charge is 2.07. The van der Waals surface area contributed by atoms with Gasteiger partial charge in [0.1, 0.15) is 11.5 Å². The lowest BCUT2D eigenvalue weighted by atomic mass is 10.1. The van der Waals surface area contributed by atoms with Crippen molar-refractivity contribution < 1.29 is 9.47 Å². The van der Waals surface area contributed by atoms with Gasteiger partial charge in [0, 0.05) is 17.4 Å². The maximum Gasteiger partial charge on any atom is 0.230 e. The molecule has 4 rings (SSSR count). The Morgan fingerprint density at radius 1 is 1.00 bits per heavy atom. The zero-order valence-corrected chi connectivity index (χ0v) is 10.3. The van der Waals surface area contributed by atoms with E-state index in [0.717, 1.165) is 29.3 Å². The van der Waals surface area contributed by atoms with Crippen LogP contribution in [0.5, 0.6) is 11.5 Å². The van der Waals surface area contributed by atoms with Crippen LogP contribution in [0.2, 0.25) is 0 Å². The van der Waals surface area contributed by atoms with Crippen LogP contribution in [0.15, 0.2) is 42.5 Å². The molecular formula is C15H15NO2. The van der Waals surface area contributed by atoms with Crippen LogP contribution >= 0.6 is 0 Å². The first-order valence-corrected chi connectivity index (χ1v) is 6.11. The van der Waals surface area contributed by atoms with E-state index in [0.29, 0.717) is 0 Å². The third-order valence-corrected chi connectivity index (χ3v) is 3.03. The van der Waals surface area contributed by atoms with Gasteiger partial charge in [0.2, 0.25) is 6.79 Å². The lowest BCUT2D eigenvalue weighted by molar-refractivity contribution is 0.119. The zero-order valence-electron chi connectivity index (χ0n) is 10.3. The van der Waals surface area contributed by atoms with E-state index in [4.69, 9.17) is 9.47 Å². The standard InChI is InChI=1S/C15H15NO2/c1-2-11-3-4-13-9-15(11)18-10-17-14-7-5-12(16-13)6-8-14/h3-9,16H,2,10H2,1H3. The zero-order chi connectivity index (χ0) is 12.4. The van der Waals surface area contributed by atoms with Crippen molar-refractivity contribution in [1.82, 2.24) is 0 Å². The molecule has 2 aromatic rings. The fourth-order valence-electron chi connectivity index (χ4n) is 2.02. The van der Waals surface area contributed by atoms with Gasteiger partial charge in [0.25, 0.3) is 0 Å². The van der Waals surface area contributed by atoms with E-state index in [1.165, 1.54) is 5.56 Å². The number of rotatable bonds is 1. The van der Waals surface area contributed by atoms with Crippen LogP contribution in [0.4, 0.5) is 11.4 Å². The molecule has 0 amide bonds. The quantitative estimate of drug-likeness (QED) is 0.825. The third-order valence-electron chi connectivity index (χ3n) is 3.03. The molecule has 18 heavy (non-hydrogen) atoms. The number of aryl methyl sites for hydroxylation is 1. The molecule has 2 heterocycles. The molecule has 2 aliphatic rings. The first kappa shape index (κ1) is 11.0. The Kier molecular flexibility index (Phi) is 2.81. The van der Waals surface area contributed by atoms with E-state index in [9.17, 15) is 0 Å². The van der Waals surface area contributed by atoms with Crippen molar-refractivity contribution in [2.75, 3.05) is 12.1 Å². The third kappa shape index (κ3) is 2.12. The van der Waals surface area contributed by atoms with Gasteiger partial charge >= 0.3 is 0 Å². The molecule has 0 atom stereocenters. The Hall–Kier alpha value is -2.16. The summed E-state index contributed by atoms with van der Waals surface area (Å²) in [6.45, 7) is 2.35. The molecule has 92 valence electrons. The van der Waals surface area contributed by atoms with Gasteiger partial charge < -0.3 is 14.8 Å². The van der Waals surface area contributed by atoms with Gasteiger partial charge in [0.15, 0.2) is 0 Å². The van der Waals surface area contributed by atoms with E-state index in [1.807, 2.05) is 30.3 Å². The van der Waals surface area contributed by atoms with E-state index in [-0.39, 0.29) is 6.79 Å². The normalized spacial score (nSPS) is 12.9. The number of ether oxygens (including phenoxy) is 2. The molecule has 4 bridgehead atoms. The minimum absolute atomic E-state index is 0.232. The highest BCUT2D eigenvalue weighted by atomic mass is 16.7. The van der Waals surface area contributed by atoms with Crippen molar-refractivity contribution in [3.63, 3.8) is 0 Å². The summed E-state index contributed by atoms with van der Waals surface area (Å²) in [7, 11) is 0. The fraction of sp³-hybridized carbons (Fsp3) is 0.200. The molecule has 2 aromatic carbocycles. The van der Waals surface area contributed by atoms with Gasteiger partial charge in [-0.15, -0.1) is 0 Å². The number of hydrogen-bond donors (Lipinski definition) is 1. The van der Waals surface area contributed by atoms with Crippen molar-refractivity contribution in [2.24, 2.45) is 0 Å². The SMILES string of the molecule is CCc1ccc2cc1OCOc1ccc(cc1)N2. The maximum absolute atomic E-state index is 5.69. The summed E-state index contributed by atoms with van der Waals surface area (Å²) in [5, 5.41) is 3.35. The second-order valence-electron chi connectivity index (χ2n) is 4.23. The second-order valence-corrected chi connectivity index (χ2v) is 4.23. The van der Waals surface area contributed by atoms with Gasteiger partial charge in [-0.3, -0.25) is 0 Å². The van der Waals surface area contributed by atoms with E-state index >= 15 is 0 Å². The Bertz CT molecular complexity index is 549. The Morgan fingerprint density at radius 2 is 1.78 bits per heavy atom. The van der Waals surface area contributed by atoms with Crippen molar-refractivity contribution in [1.29, 1.82) is 0 Å². The van der Waals surface area contributed by atoms with E-state index in [2.05, 4.69) is 24.4 Å². The molecule has 0 unspecified atom stereocenters. The monoisotopic (exact) mass is 241 g/mol. The van der Waals surface area contributed by atoms with Crippen LogP contribution < -0.4 is 14.8 Å². The maximum atomic E-state index is 5.69. The molecule has 0 aliphatic carbocycles. The summed E-state index contributed by atoms with van der Waals surface area (Å²) >= 11 is 0. The smallest absolute Gasteiger partial charge is 0.230 e. The molecule has 3 heteroatoms. The highest BCUT2D eigenvalue weighted by molar-refractivity contribution is 5.63. The van der Waals surface area contributed by atoms with Crippen LogP contribution in [0.1, 0.15) is 12.5 Å². The minimum Gasteiger partial charge on any atom is -0.457 e. The summed E-state index contributed by atoms with van der Waals surface area (Å²) in [5.74, 6) is 1.69. The Morgan fingerprint density at radius 3 is 2.56 bits per heavy atom.